The number of aromatic amines is 1. The molecule has 1 saturated heterocycles. The number of nitrogens with zero attached hydrogens (tertiary/aromatic N) is 1. The summed E-state index contributed by atoms with van der Waals surface area (Å²) in [4.78, 5) is 39.7. The van der Waals surface area contributed by atoms with Crippen molar-refractivity contribution >= 4 is 12.2 Å². The quantitative estimate of drug-likeness (QED) is 0.821. The Hall–Kier alpha value is -2.51. The Kier molecular flexibility index (Phi) is 6.73. The number of hydrogen-bond acceptors (Lipinski definition) is 5. The fourth-order valence-corrected chi connectivity index (χ4v) is 3.58. The molecule has 0 unspecified atom stereocenters. The third-order valence-electron chi connectivity index (χ3n) is 5.23. The lowest BCUT2D eigenvalue weighted by Crippen LogP contribution is -2.39. The van der Waals surface area contributed by atoms with Crippen molar-refractivity contribution in [2.45, 2.75) is 51.2 Å². The van der Waals surface area contributed by atoms with Crippen LogP contribution in [0.15, 0.2) is 23.1 Å². The summed E-state index contributed by atoms with van der Waals surface area (Å²) in [7, 11) is 0. The normalized spacial score (nSPS) is 22.3. The monoisotopic (exact) mass is 377 g/mol. The molecule has 0 spiro atoms. The van der Waals surface area contributed by atoms with Gasteiger partial charge < -0.3 is 24.7 Å². The van der Waals surface area contributed by atoms with E-state index in [0.717, 1.165) is 51.6 Å². The second-order valence-corrected chi connectivity index (χ2v) is 7.23. The van der Waals surface area contributed by atoms with Gasteiger partial charge >= 0.3 is 12.2 Å². The first-order valence-corrected chi connectivity index (χ1v) is 9.63. The number of H-pyrrole nitrogens is 1. The minimum absolute atomic E-state index is 0.0518. The molecule has 1 saturated carbocycles. The summed E-state index contributed by atoms with van der Waals surface area (Å²) in [5.41, 5.74) is 0.158. The van der Waals surface area contributed by atoms with E-state index in [9.17, 15) is 14.4 Å². The molecule has 2 amide bonds. The fourth-order valence-electron chi connectivity index (χ4n) is 3.58. The van der Waals surface area contributed by atoms with Gasteiger partial charge in [-0.15, -0.1) is 0 Å². The molecule has 0 bridgehead atoms. The smallest absolute Gasteiger partial charge is 0.409 e. The van der Waals surface area contributed by atoms with Gasteiger partial charge in [0.2, 0.25) is 0 Å². The molecular weight excluding hydrogens is 350 g/mol. The number of ether oxygens (including phenoxy) is 2. The zero-order valence-electron chi connectivity index (χ0n) is 15.4. The Labute approximate surface area is 158 Å². The maximum atomic E-state index is 11.9. The summed E-state index contributed by atoms with van der Waals surface area (Å²) in [6, 6.07) is 3.37. The molecular formula is C19H27N3O5. The van der Waals surface area contributed by atoms with Crippen molar-refractivity contribution in [2.75, 3.05) is 19.7 Å². The zero-order chi connectivity index (χ0) is 19.1. The molecule has 27 heavy (non-hydrogen) atoms. The van der Waals surface area contributed by atoms with E-state index in [1.54, 1.807) is 17.0 Å². The molecule has 2 fully saturated rings. The zero-order valence-corrected chi connectivity index (χ0v) is 15.4. The van der Waals surface area contributed by atoms with Gasteiger partial charge in [0.05, 0.1) is 12.2 Å². The number of aromatic nitrogens is 1. The lowest BCUT2D eigenvalue weighted by molar-refractivity contribution is 0.0831. The predicted octanol–water partition coefficient (Wildman–Crippen LogP) is 2.39. The van der Waals surface area contributed by atoms with E-state index >= 15 is 0 Å². The number of pyridine rings is 1. The van der Waals surface area contributed by atoms with Gasteiger partial charge in [-0.1, -0.05) is 0 Å². The maximum Gasteiger partial charge on any atom is 0.409 e. The summed E-state index contributed by atoms with van der Waals surface area (Å²) >= 11 is 0. The molecule has 1 aliphatic carbocycles. The van der Waals surface area contributed by atoms with Crippen molar-refractivity contribution in [1.29, 1.82) is 0 Å². The topological polar surface area (TPSA) is 101 Å². The van der Waals surface area contributed by atoms with Crippen LogP contribution in [0.25, 0.3) is 0 Å². The summed E-state index contributed by atoms with van der Waals surface area (Å²) in [6.07, 6.45) is 6.38. The summed E-state index contributed by atoms with van der Waals surface area (Å²) in [5.74, 6) is 0.341. The van der Waals surface area contributed by atoms with E-state index in [4.69, 9.17) is 9.47 Å². The van der Waals surface area contributed by atoms with E-state index in [0.29, 0.717) is 18.1 Å². The van der Waals surface area contributed by atoms with Crippen molar-refractivity contribution in [3.63, 3.8) is 0 Å². The van der Waals surface area contributed by atoms with Crippen molar-refractivity contribution in [1.82, 2.24) is 15.2 Å². The lowest BCUT2D eigenvalue weighted by atomic mass is 9.86. The highest BCUT2D eigenvalue weighted by atomic mass is 16.6. The van der Waals surface area contributed by atoms with Crippen LogP contribution in [-0.2, 0) is 16.1 Å². The van der Waals surface area contributed by atoms with E-state index in [1.165, 1.54) is 6.20 Å². The van der Waals surface area contributed by atoms with Crippen LogP contribution in [0.4, 0.5) is 9.59 Å². The van der Waals surface area contributed by atoms with Gasteiger partial charge in [-0.2, -0.15) is 0 Å². The van der Waals surface area contributed by atoms with Crippen LogP contribution >= 0.6 is 0 Å². The fraction of sp³-hybridized carbons (Fsp3) is 0.632. The first kappa shape index (κ1) is 19.3. The second kappa shape index (κ2) is 9.43. The number of likely N-dealkylation sites (tertiary alicyclic amines) is 1. The number of hydrogen-bond donors (Lipinski definition) is 2. The molecule has 0 atom stereocenters. The molecule has 3 rings (SSSR count). The maximum absolute atomic E-state index is 11.9. The van der Waals surface area contributed by atoms with Crippen molar-refractivity contribution in [3.05, 3.63) is 34.2 Å². The molecule has 2 heterocycles. The molecule has 8 nitrogen and oxygen atoms in total. The third kappa shape index (κ3) is 5.74. The van der Waals surface area contributed by atoms with Gasteiger partial charge in [0.15, 0.2) is 0 Å². The van der Waals surface area contributed by atoms with Gasteiger partial charge in [-0.3, -0.25) is 4.79 Å². The molecule has 1 aromatic heterocycles. The Morgan fingerprint density at radius 3 is 2.59 bits per heavy atom. The Morgan fingerprint density at radius 1 is 1.15 bits per heavy atom. The number of carbonyl (C=O) groups is 2. The van der Waals surface area contributed by atoms with Crippen LogP contribution in [0.5, 0.6) is 0 Å². The minimum Gasteiger partial charge on any atom is -0.449 e. The lowest BCUT2D eigenvalue weighted by Gasteiger charge is -2.29. The van der Waals surface area contributed by atoms with Gasteiger partial charge in [0.1, 0.15) is 6.61 Å². The average Bonchev–Trinajstić information content (AvgIpc) is 3.21. The van der Waals surface area contributed by atoms with Gasteiger partial charge in [0, 0.05) is 25.3 Å². The van der Waals surface area contributed by atoms with Crippen molar-refractivity contribution in [2.24, 2.45) is 5.92 Å². The molecule has 0 radical (unpaired) electrons. The van der Waals surface area contributed by atoms with Crippen molar-refractivity contribution < 1.29 is 19.1 Å². The molecule has 1 aliphatic heterocycles. The van der Waals surface area contributed by atoms with E-state index < -0.39 is 6.09 Å². The average molecular weight is 377 g/mol. The highest BCUT2D eigenvalue weighted by Crippen LogP contribution is 2.25. The predicted molar refractivity (Wildman–Crippen MR) is 98.3 cm³/mol. The molecule has 148 valence electrons. The number of amides is 2. The molecule has 8 heteroatoms. The second-order valence-electron chi connectivity index (χ2n) is 7.23. The standard InChI is InChI=1S/C19H27N3O5/c23-17-15(4-3-9-20-17)13-26-18(24)21-16-7-5-14(6-8-16)12-27-19(25)22-10-1-2-11-22/h3-4,9,14,16H,1-2,5-8,10-13H2,(H,20,23)(H,21,24). The van der Waals surface area contributed by atoms with Gasteiger partial charge in [-0.05, 0) is 56.6 Å². The van der Waals surface area contributed by atoms with Crippen LogP contribution in [0.2, 0.25) is 0 Å². The largest absolute Gasteiger partial charge is 0.449 e. The highest BCUT2D eigenvalue weighted by Gasteiger charge is 2.25. The number of rotatable bonds is 5. The first-order chi connectivity index (χ1) is 13.1. The third-order valence-corrected chi connectivity index (χ3v) is 5.23. The van der Waals surface area contributed by atoms with E-state index in [-0.39, 0.29) is 24.3 Å². The van der Waals surface area contributed by atoms with E-state index in [1.807, 2.05) is 0 Å². The Balaban J connectivity index is 1.32. The van der Waals surface area contributed by atoms with Crippen molar-refractivity contribution in [3.8, 4) is 0 Å². The SMILES string of the molecule is O=C(NC1CCC(COC(=O)N2CCCC2)CC1)OCc1ccc[nH]c1=O. The summed E-state index contributed by atoms with van der Waals surface area (Å²) < 4.78 is 10.6. The Morgan fingerprint density at radius 2 is 1.89 bits per heavy atom. The van der Waals surface area contributed by atoms with Crippen LogP contribution < -0.4 is 10.9 Å². The number of nitrogens with one attached hydrogen (secondary N) is 2. The van der Waals surface area contributed by atoms with E-state index in [2.05, 4.69) is 10.3 Å². The Bertz CT molecular complexity index is 691. The summed E-state index contributed by atoms with van der Waals surface area (Å²) in [6.45, 7) is 1.99. The molecule has 2 aliphatic rings. The number of alkyl carbamates (subject to hydrolysis) is 1. The van der Waals surface area contributed by atoms with Gasteiger partial charge in [-0.25, -0.2) is 9.59 Å². The molecule has 0 aromatic carbocycles. The molecule has 1 aromatic rings. The number of carbonyl (C=O) groups excluding carboxylic acids is 2. The molecule has 2 N–H and O–H groups in total. The minimum atomic E-state index is -0.512. The van der Waals surface area contributed by atoms with Crippen LogP contribution in [0.3, 0.4) is 0 Å². The van der Waals surface area contributed by atoms with Crippen LogP contribution in [0.1, 0.15) is 44.1 Å². The first-order valence-electron chi connectivity index (χ1n) is 9.63. The van der Waals surface area contributed by atoms with Gasteiger partial charge in [0.25, 0.3) is 5.56 Å². The highest BCUT2D eigenvalue weighted by molar-refractivity contribution is 5.68. The summed E-state index contributed by atoms with van der Waals surface area (Å²) in [5, 5.41) is 2.85. The van der Waals surface area contributed by atoms with Crippen LogP contribution in [-0.4, -0.2) is 47.8 Å². The van der Waals surface area contributed by atoms with Crippen LogP contribution in [0, 0.1) is 5.92 Å².